The van der Waals surface area contributed by atoms with Crippen LogP contribution in [0.15, 0.2) is 36.5 Å². The smallest absolute Gasteiger partial charge is 0.274 e. The van der Waals surface area contributed by atoms with Crippen LogP contribution in [0, 0.1) is 12.7 Å². The first-order valence-electron chi connectivity index (χ1n) is 5.29. The predicted octanol–water partition coefficient (Wildman–Crippen LogP) is 2.49. The molecule has 1 aromatic carbocycles. The van der Waals surface area contributed by atoms with Crippen molar-refractivity contribution >= 4 is 11.6 Å². The summed E-state index contributed by atoms with van der Waals surface area (Å²) < 4.78 is 13.4. The first kappa shape index (κ1) is 12.0. The maximum absolute atomic E-state index is 13.4. The summed E-state index contributed by atoms with van der Waals surface area (Å²) in [6, 6.07) is 6.98. The summed E-state index contributed by atoms with van der Waals surface area (Å²) in [5, 5.41) is 11.5. The van der Waals surface area contributed by atoms with Gasteiger partial charge in [-0.1, -0.05) is 6.07 Å². The molecule has 0 spiro atoms. The van der Waals surface area contributed by atoms with Gasteiger partial charge in [0.25, 0.3) is 5.91 Å². The van der Waals surface area contributed by atoms with E-state index in [-0.39, 0.29) is 17.1 Å². The number of carbonyl (C=O) groups excluding carboxylic acids is 1. The second-order valence-electron chi connectivity index (χ2n) is 3.79. The average Bonchev–Trinajstić information content (AvgIpc) is 2.33. The van der Waals surface area contributed by atoms with E-state index in [4.69, 9.17) is 5.11 Å². The van der Waals surface area contributed by atoms with Gasteiger partial charge in [0.15, 0.2) is 0 Å². The SMILES string of the molecule is Cc1cccnc1C(=O)Nc1ccc(O)cc1F. The van der Waals surface area contributed by atoms with Crippen LogP contribution < -0.4 is 5.32 Å². The molecule has 0 radical (unpaired) electrons. The molecule has 2 aromatic rings. The van der Waals surface area contributed by atoms with Gasteiger partial charge in [0, 0.05) is 12.3 Å². The van der Waals surface area contributed by atoms with E-state index in [9.17, 15) is 9.18 Å². The number of aryl methyl sites for hydroxylation is 1. The highest BCUT2D eigenvalue weighted by Crippen LogP contribution is 2.20. The lowest BCUT2D eigenvalue weighted by molar-refractivity contribution is 0.102. The fraction of sp³-hybridized carbons (Fsp3) is 0.0769. The summed E-state index contributed by atoms with van der Waals surface area (Å²) in [6.45, 7) is 1.75. The van der Waals surface area contributed by atoms with E-state index in [0.717, 1.165) is 6.07 Å². The molecule has 5 heteroatoms. The number of benzene rings is 1. The number of halogens is 1. The Hall–Kier alpha value is -2.43. The number of nitrogens with one attached hydrogen (secondary N) is 1. The Bertz CT molecular complexity index is 599. The van der Waals surface area contributed by atoms with Crippen LogP contribution in [0.25, 0.3) is 0 Å². The first-order valence-corrected chi connectivity index (χ1v) is 5.29. The van der Waals surface area contributed by atoms with Crippen LogP contribution in [0.4, 0.5) is 10.1 Å². The Kier molecular flexibility index (Phi) is 3.23. The van der Waals surface area contributed by atoms with Gasteiger partial charge in [0.05, 0.1) is 5.69 Å². The number of aromatic nitrogens is 1. The molecule has 1 heterocycles. The number of carbonyl (C=O) groups is 1. The molecular weight excluding hydrogens is 235 g/mol. The van der Waals surface area contributed by atoms with Crippen LogP contribution >= 0.6 is 0 Å². The molecule has 0 aliphatic carbocycles. The van der Waals surface area contributed by atoms with E-state index in [2.05, 4.69) is 10.3 Å². The molecule has 0 aliphatic heterocycles. The third-order valence-electron chi connectivity index (χ3n) is 2.43. The molecule has 1 aromatic heterocycles. The van der Waals surface area contributed by atoms with Crippen molar-refractivity contribution in [1.29, 1.82) is 0 Å². The second-order valence-corrected chi connectivity index (χ2v) is 3.79. The van der Waals surface area contributed by atoms with Crippen molar-refractivity contribution in [1.82, 2.24) is 4.98 Å². The van der Waals surface area contributed by atoms with Crippen LogP contribution in [-0.4, -0.2) is 16.0 Å². The zero-order chi connectivity index (χ0) is 13.1. The zero-order valence-electron chi connectivity index (χ0n) is 9.64. The normalized spacial score (nSPS) is 10.1. The fourth-order valence-electron chi connectivity index (χ4n) is 1.51. The predicted molar refractivity (Wildman–Crippen MR) is 65.0 cm³/mol. The third-order valence-corrected chi connectivity index (χ3v) is 2.43. The summed E-state index contributed by atoms with van der Waals surface area (Å²) in [7, 11) is 0. The van der Waals surface area contributed by atoms with Crippen molar-refractivity contribution in [3.05, 3.63) is 53.6 Å². The van der Waals surface area contributed by atoms with Gasteiger partial charge in [0.2, 0.25) is 0 Å². The molecule has 0 unspecified atom stereocenters. The van der Waals surface area contributed by atoms with E-state index in [1.165, 1.54) is 18.3 Å². The number of anilines is 1. The molecular formula is C13H11FN2O2. The third kappa shape index (κ3) is 2.45. The van der Waals surface area contributed by atoms with Crippen molar-refractivity contribution in [3.63, 3.8) is 0 Å². The number of rotatable bonds is 2. The molecule has 18 heavy (non-hydrogen) atoms. The molecule has 0 saturated carbocycles. The van der Waals surface area contributed by atoms with Crippen LogP contribution in [0.1, 0.15) is 16.1 Å². The highest BCUT2D eigenvalue weighted by Gasteiger charge is 2.12. The summed E-state index contributed by atoms with van der Waals surface area (Å²) in [6.07, 6.45) is 1.50. The Morgan fingerprint density at radius 3 is 2.83 bits per heavy atom. The van der Waals surface area contributed by atoms with Gasteiger partial charge in [-0.3, -0.25) is 9.78 Å². The second kappa shape index (κ2) is 4.83. The molecule has 1 amide bonds. The van der Waals surface area contributed by atoms with Crippen LogP contribution in [0.5, 0.6) is 5.75 Å². The lowest BCUT2D eigenvalue weighted by Crippen LogP contribution is -2.15. The van der Waals surface area contributed by atoms with Crippen molar-refractivity contribution in [2.75, 3.05) is 5.32 Å². The topological polar surface area (TPSA) is 62.2 Å². The molecule has 0 saturated heterocycles. The van der Waals surface area contributed by atoms with Gasteiger partial charge in [-0.05, 0) is 30.7 Å². The molecule has 92 valence electrons. The summed E-state index contributed by atoms with van der Waals surface area (Å²) in [5.41, 5.74) is 0.946. The number of aromatic hydroxyl groups is 1. The van der Waals surface area contributed by atoms with E-state index in [1.54, 1.807) is 19.1 Å². The quantitative estimate of drug-likeness (QED) is 0.800. The summed E-state index contributed by atoms with van der Waals surface area (Å²) >= 11 is 0. The van der Waals surface area contributed by atoms with E-state index in [1.807, 2.05) is 0 Å². The molecule has 2 N–H and O–H groups in total. The molecule has 0 atom stereocenters. The van der Waals surface area contributed by atoms with Crippen molar-refractivity contribution in [2.45, 2.75) is 6.92 Å². The Balaban J connectivity index is 2.24. The fourth-order valence-corrected chi connectivity index (χ4v) is 1.51. The highest BCUT2D eigenvalue weighted by atomic mass is 19.1. The van der Waals surface area contributed by atoms with Crippen molar-refractivity contribution in [2.24, 2.45) is 0 Å². The zero-order valence-corrected chi connectivity index (χ0v) is 9.64. The van der Waals surface area contributed by atoms with Crippen molar-refractivity contribution in [3.8, 4) is 5.75 Å². The molecule has 4 nitrogen and oxygen atoms in total. The number of amides is 1. The van der Waals surface area contributed by atoms with Crippen LogP contribution in [0.3, 0.4) is 0 Å². The number of phenolic OH excluding ortho intramolecular Hbond substituents is 1. The van der Waals surface area contributed by atoms with E-state index in [0.29, 0.717) is 5.56 Å². The maximum atomic E-state index is 13.4. The number of hydrogen-bond acceptors (Lipinski definition) is 3. The lowest BCUT2D eigenvalue weighted by Gasteiger charge is -2.07. The number of pyridine rings is 1. The Labute approximate surface area is 103 Å². The summed E-state index contributed by atoms with van der Waals surface area (Å²) in [5.74, 6) is -1.38. The minimum absolute atomic E-state index is 0.00264. The molecule has 0 aliphatic rings. The van der Waals surface area contributed by atoms with Gasteiger partial charge in [0.1, 0.15) is 17.3 Å². The average molecular weight is 246 g/mol. The maximum Gasteiger partial charge on any atom is 0.274 e. The number of hydrogen-bond donors (Lipinski definition) is 2. The molecule has 0 bridgehead atoms. The Morgan fingerprint density at radius 2 is 2.17 bits per heavy atom. The highest BCUT2D eigenvalue weighted by molar-refractivity contribution is 6.03. The minimum Gasteiger partial charge on any atom is -0.508 e. The number of phenols is 1. The van der Waals surface area contributed by atoms with Gasteiger partial charge in [-0.25, -0.2) is 4.39 Å². The van der Waals surface area contributed by atoms with Crippen LogP contribution in [0.2, 0.25) is 0 Å². The van der Waals surface area contributed by atoms with Gasteiger partial charge in [-0.2, -0.15) is 0 Å². The Morgan fingerprint density at radius 1 is 1.39 bits per heavy atom. The molecule has 0 fully saturated rings. The lowest BCUT2D eigenvalue weighted by atomic mass is 10.2. The number of nitrogens with zero attached hydrogens (tertiary/aromatic N) is 1. The van der Waals surface area contributed by atoms with Crippen LogP contribution in [-0.2, 0) is 0 Å². The minimum atomic E-state index is -0.697. The van der Waals surface area contributed by atoms with E-state index >= 15 is 0 Å². The van der Waals surface area contributed by atoms with Crippen molar-refractivity contribution < 1.29 is 14.3 Å². The molecule has 2 rings (SSSR count). The summed E-state index contributed by atoms with van der Waals surface area (Å²) in [4.78, 5) is 15.8. The first-order chi connectivity index (χ1) is 8.58. The van der Waals surface area contributed by atoms with E-state index < -0.39 is 11.7 Å². The largest absolute Gasteiger partial charge is 0.508 e. The van der Waals surface area contributed by atoms with Gasteiger partial charge in [-0.15, -0.1) is 0 Å². The monoisotopic (exact) mass is 246 g/mol. The van der Waals surface area contributed by atoms with Gasteiger partial charge < -0.3 is 10.4 Å². The standard InChI is InChI=1S/C13H11FN2O2/c1-8-3-2-6-15-12(8)13(18)16-11-5-4-9(17)7-10(11)14/h2-7,17H,1H3,(H,16,18). The van der Waals surface area contributed by atoms with Gasteiger partial charge >= 0.3 is 0 Å².